The summed E-state index contributed by atoms with van der Waals surface area (Å²) in [6.45, 7) is 18.9. The molecule has 0 aromatic heterocycles. The molecule has 6 rings (SSSR count). The molecule has 45 heavy (non-hydrogen) atoms. The largest absolute Gasteiger partial charge is 0.478 e. The highest BCUT2D eigenvalue weighted by atomic mass is 32.2. The summed E-state index contributed by atoms with van der Waals surface area (Å²) in [5, 5.41) is 9.43. The zero-order chi connectivity index (χ0) is 33.0. The summed E-state index contributed by atoms with van der Waals surface area (Å²) >= 11 is 0. The number of carbonyl (C=O) groups excluding carboxylic acids is 1. The monoisotopic (exact) mass is 635 g/mol. The molecule has 0 heterocycles. The Kier molecular flexibility index (Phi) is 7.44. The van der Waals surface area contributed by atoms with Crippen molar-refractivity contribution in [1.29, 1.82) is 0 Å². The number of hydrogen-bond acceptors (Lipinski definition) is 4. The summed E-state index contributed by atoms with van der Waals surface area (Å²) in [7, 11) is -3.65. The van der Waals surface area contributed by atoms with Gasteiger partial charge in [-0.2, -0.15) is 0 Å². The molecule has 4 saturated carbocycles. The molecular formula is C38H53NO5S. The van der Waals surface area contributed by atoms with Crippen LogP contribution < -0.4 is 4.72 Å². The molecule has 0 spiro atoms. The summed E-state index contributed by atoms with van der Waals surface area (Å²) in [4.78, 5) is 25.4. The first-order valence-corrected chi connectivity index (χ1v) is 18.9. The molecule has 1 aromatic rings. The van der Waals surface area contributed by atoms with E-state index in [4.69, 9.17) is 0 Å². The zero-order valence-electron chi connectivity index (χ0n) is 28.3. The highest BCUT2D eigenvalue weighted by molar-refractivity contribution is 7.89. The van der Waals surface area contributed by atoms with Gasteiger partial charge in [-0.1, -0.05) is 65.0 Å². The van der Waals surface area contributed by atoms with E-state index in [-0.39, 0.29) is 39.4 Å². The molecule has 6 nitrogen and oxygen atoms in total. The van der Waals surface area contributed by atoms with Crippen LogP contribution in [-0.4, -0.2) is 31.7 Å². The lowest BCUT2D eigenvalue weighted by Gasteiger charge is -2.72. The number of nitrogens with one attached hydrogen (secondary N) is 1. The Morgan fingerprint density at radius 1 is 0.889 bits per heavy atom. The lowest BCUT2D eigenvalue weighted by molar-refractivity contribution is -0.224. The fourth-order valence-electron chi connectivity index (χ4n) is 12.7. The fraction of sp³-hybridized carbons (Fsp3) is 0.684. The van der Waals surface area contributed by atoms with Crippen molar-refractivity contribution < 1.29 is 23.1 Å². The number of sulfonamides is 1. The maximum atomic E-state index is 13.9. The average molecular weight is 636 g/mol. The van der Waals surface area contributed by atoms with E-state index in [1.807, 2.05) is 12.1 Å². The summed E-state index contributed by atoms with van der Waals surface area (Å²) < 4.78 is 27.0. The Labute approximate surface area is 270 Å². The molecule has 246 valence electrons. The van der Waals surface area contributed by atoms with Gasteiger partial charge in [0.15, 0.2) is 0 Å². The van der Waals surface area contributed by atoms with Crippen LogP contribution in [0.5, 0.6) is 0 Å². The maximum absolute atomic E-state index is 13.9. The lowest BCUT2D eigenvalue weighted by Crippen LogP contribution is -2.66. The average Bonchev–Trinajstić information content (AvgIpc) is 3.34. The van der Waals surface area contributed by atoms with E-state index in [0.29, 0.717) is 23.3 Å². The number of allylic oxidation sites excluding steroid dienone is 3. The third-order valence-electron chi connectivity index (χ3n) is 14.8. The lowest BCUT2D eigenvalue weighted by atomic mass is 9.32. The molecular weight excluding hydrogens is 582 g/mol. The summed E-state index contributed by atoms with van der Waals surface area (Å²) in [5.41, 5.74) is 3.47. The molecule has 9 atom stereocenters. The van der Waals surface area contributed by atoms with Gasteiger partial charge < -0.3 is 5.11 Å². The number of carboxylic acids is 1. The van der Waals surface area contributed by atoms with Crippen LogP contribution in [0.1, 0.15) is 115 Å². The molecule has 2 N–H and O–H groups in total. The summed E-state index contributed by atoms with van der Waals surface area (Å²) in [6, 6.07) is 7.41. The number of rotatable bonds is 5. The normalized spacial score (nSPS) is 41.8. The molecule has 4 fully saturated rings. The Balaban J connectivity index is 1.37. The SMILES string of the molecule is C=C(C)C1CCC2(C(=O)NS(C)(=O)=O)CCC3(C)C(CCC4C5(C)CC=C(c6ccc(C(=O)O)cc6)C(C)(C)C5CCC43C)C12. The van der Waals surface area contributed by atoms with Gasteiger partial charge in [-0.15, -0.1) is 0 Å². The van der Waals surface area contributed by atoms with Gasteiger partial charge in [0.1, 0.15) is 0 Å². The van der Waals surface area contributed by atoms with Gasteiger partial charge in [-0.05, 0) is 139 Å². The van der Waals surface area contributed by atoms with Crippen LogP contribution in [0.4, 0.5) is 0 Å². The highest BCUT2D eigenvalue weighted by Gasteiger charge is 2.71. The topological polar surface area (TPSA) is 101 Å². The van der Waals surface area contributed by atoms with Crippen molar-refractivity contribution in [2.24, 2.45) is 56.7 Å². The van der Waals surface area contributed by atoms with Gasteiger partial charge >= 0.3 is 5.97 Å². The molecule has 0 bridgehead atoms. The van der Waals surface area contributed by atoms with Crippen LogP contribution in [0, 0.1) is 56.7 Å². The molecule has 5 aliphatic carbocycles. The molecule has 0 saturated heterocycles. The molecule has 1 amide bonds. The smallest absolute Gasteiger partial charge is 0.335 e. The number of fused-ring (bicyclic) bond motifs is 7. The molecule has 5 aliphatic rings. The third kappa shape index (κ3) is 4.56. The summed E-state index contributed by atoms with van der Waals surface area (Å²) in [5.74, 6) is 0.550. The maximum Gasteiger partial charge on any atom is 0.335 e. The Bertz CT molecular complexity index is 1570. The van der Waals surface area contributed by atoms with E-state index in [9.17, 15) is 23.1 Å². The first-order chi connectivity index (χ1) is 20.8. The molecule has 7 heteroatoms. The minimum absolute atomic E-state index is 0.0439. The Morgan fingerprint density at radius 3 is 2.16 bits per heavy atom. The van der Waals surface area contributed by atoms with Gasteiger partial charge in [0.05, 0.1) is 17.2 Å². The second-order valence-electron chi connectivity index (χ2n) is 17.0. The van der Waals surface area contributed by atoms with Gasteiger partial charge in [-0.25, -0.2) is 13.2 Å². The quantitative estimate of drug-likeness (QED) is 0.319. The molecule has 1 aromatic carbocycles. The predicted octanol–water partition coefficient (Wildman–Crippen LogP) is 8.11. The van der Waals surface area contributed by atoms with Gasteiger partial charge in [0, 0.05) is 0 Å². The number of amides is 1. The minimum atomic E-state index is -3.65. The van der Waals surface area contributed by atoms with Crippen molar-refractivity contribution in [2.75, 3.05) is 6.26 Å². The van der Waals surface area contributed by atoms with E-state index in [2.05, 4.69) is 58.9 Å². The number of carbonyl (C=O) groups is 2. The van der Waals surface area contributed by atoms with E-state index in [1.165, 1.54) is 5.57 Å². The van der Waals surface area contributed by atoms with Crippen molar-refractivity contribution in [3.05, 3.63) is 53.6 Å². The standard InChI is InChI=1S/C38H53NO5S/c1-23(2)26-15-20-38(33(42)39-45(8,43)44)22-21-36(6)28(31(26)38)13-14-30-35(5)18-16-27(24-9-11-25(12-10-24)32(40)41)34(3,4)29(35)17-19-37(30,36)7/h9-12,16,26,28-31H,1,13-15,17-22H2,2-8H3,(H,39,42)(H,40,41). The fourth-order valence-corrected chi connectivity index (χ4v) is 13.2. The number of aromatic carboxylic acids is 1. The van der Waals surface area contributed by atoms with Gasteiger partial charge in [0.2, 0.25) is 15.9 Å². The van der Waals surface area contributed by atoms with Crippen LogP contribution in [0.3, 0.4) is 0 Å². The van der Waals surface area contributed by atoms with Gasteiger partial charge in [0.25, 0.3) is 0 Å². The van der Waals surface area contributed by atoms with Crippen LogP contribution in [-0.2, 0) is 14.8 Å². The molecule has 0 aliphatic heterocycles. The zero-order valence-corrected chi connectivity index (χ0v) is 29.1. The minimum Gasteiger partial charge on any atom is -0.478 e. The second kappa shape index (κ2) is 10.3. The third-order valence-corrected chi connectivity index (χ3v) is 15.4. The number of hydrogen-bond donors (Lipinski definition) is 2. The Morgan fingerprint density at radius 2 is 1.56 bits per heavy atom. The Hall–Kier alpha value is -2.41. The van der Waals surface area contributed by atoms with Crippen molar-refractivity contribution in [3.8, 4) is 0 Å². The van der Waals surface area contributed by atoms with Crippen LogP contribution in [0.15, 0.2) is 42.5 Å². The van der Waals surface area contributed by atoms with Crippen molar-refractivity contribution in [3.63, 3.8) is 0 Å². The van der Waals surface area contributed by atoms with Crippen molar-refractivity contribution in [2.45, 2.75) is 99.3 Å². The number of carboxylic acid groups (broad SMARTS) is 1. The second-order valence-corrected chi connectivity index (χ2v) is 18.7. The molecule has 9 unspecified atom stereocenters. The first kappa shape index (κ1) is 32.5. The predicted molar refractivity (Wildman–Crippen MR) is 179 cm³/mol. The summed E-state index contributed by atoms with van der Waals surface area (Å²) in [6.07, 6.45) is 12.4. The molecule has 0 radical (unpaired) electrons. The van der Waals surface area contributed by atoms with Gasteiger partial charge in [-0.3, -0.25) is 9.52 Å². The van der Waals surface area contributed by atoms with E-state index in [1.54, 1.807) is 12.1 Å². The van der Waals surface area contributed by atoms with Crippen LogP contribution in [0.25, 0.3) is 5.57 Å². The highest BCUT2D eigenvalue weighted by Crippen LogP contribution is 2.77. The van der Waals surface area contributed by atoms with E-state index >= 15 is 0 Å². The first-order valence-electron chi connectivity index (χ1n) is 17.0. The van der Waals surface area contributed by atoms with Crippen molar-refractivity contribution >= 4 is 27.5 Å². The number of benzene rings is 1. The van der Waals surface area contributed by atoms with Crippen LogP contribution >= 0.6 is 0 Å². The van der Waals surface area contributed by atoms with E-state index in [0.717, 1.165) is 75.2 Å². The van der Waals surface area contributed by atoms with E-state index < -0.39 is 21.4 Å². The van der Waals surface area contributed by atoms with Crippen LogP contribution in [0.2, 0.25) is 0 Å². The van der Waals surface area contributed by atoms with Crippen molar-refractivity contribution in [1.82, 2.24) is 4.72 Å².